The van der Waals surface area contributed by atoms with Crippen LogP contribution in [0.3, 0.4) is 0 Å². The van der Waals surface area contributed by atoms with E-state index >= 15 is 0 Å². The summed E-state index contributed by atoms with van der Waals surface area (Å²) >= 11 is 3.37. The molecule has 1 fully saturated rings. The number of aliphatic hydroxyl groups is 1. The van der Waals surface area contributed by atoms with Gasteiger partial charge in [-0.25, -0.2) is 0 Å². The van der Waals surface area contributed by atoms with Crippen molar-refractivity contribution in [1.82, 2.24) is 4.98 Å². The van der Waals surface area contributed by atoms with Crippen LogP contribution in [0.15, 0.2) is 22.8 Å². The molecule has 3 heteroatoms. The molecule has 1 atom stereocenters. The van der Waals surface area contributed by atoms with E-state index in [1.165, 1.54) is 0 Å². The Morgan fingerprint density at radius 3 is 2.92 bits per heavy atom. The van der Waals surface area contributed by atoms with E-state index in [1.54, 1.807) is 6.20 Å². The van der Waals surface area contributed by atoms with E-state index in [0.717, 1.165) is 23.0 Å². The summed E-state index contributed by atoms with van der Waals surface area (Å²) in [6.45, 7) is 0. The second-order valence-corrected chi connectivity index (χ2v) is 4.01. The van der Waals surface area contributed by atoms with Crippen molar-refractivity contribution in [1.29, 1.82) is 0 Å². The molecule has 1 aliphatic carbocycles. The summed E-state index contributed by atoms with van der Waals surface area (Å²) in [5.41, 5.74) is 0.778. The number of hydrogen-bond donors (Lipinski definition) is 1. The van der Waals surface area contributed by atoms with Crippen LogP contribution in [0.4, 0.5) is 0 Å². The van der Waals surface area contributed by atoms with Gasteiger partial charge in [-0.15, -0.1) is 0 Å². The van der Waals surface area contributed by atoms with Gasteiger partial charge in [-0.05, 0) is 46.8 Å². The summed E-state index contributed by atoms with van der Waals surface area (Å²) in [5.74, 6) is 0.441. The van der Waals surface area contributed by atoms with Gasteiger partial charge in [0.15, 0.2) is 0 Å². The Morgan fingerprint density at radius 1 is 1.58 bits per heavy atom. The van der Waals surface area contributed by atoms with Gasteiger partial charge < -0.3 is 5.11 Å². The summed E-state index contributed by atoms with van der Waals surface area (Å²) in [6.07, 6.45) is 3.60. The minimum atomic E-state index is -0.374. The average Bonchev–Trinajstić information content (AvgIpc) is 2.86. The maximum absolute atomic E-state index is 9.75. The van der Waals surface area contributed by atoms with Gasteiger partial charge in [-0.3, -0.25) is 4.98 Å². The second-order valence-electron chi connectivity index (χ2n) is 3.15. The molecule has 2 rings (SSSR count). The molecular weight excluding hydrogens is 218 g/mol. The number of rotatable bonds is 2. The van der Waals surface area contributed by atoms with E-state index in [4.69, 9.17) is 0 Å². The van der Waals surface area contributed by atoms with Crippen molar-refractivity contribution in [2.24, 2.45) is 5.92 Å². The molecule has 2 nitrogen and oxygen atoms in total. The molecule has 1 heterocycles. The number of aromatic nitrogens is 1. The van der Waals surface area contributed by atoms with E-state index in [-0.39, 0.29) is 6.10 Å². The third-order valence-electron chi connectivity index (χ3n) is 2.14. The SMILES string of the molecule is OC(c1ncccc1Br)C1CC1. The van der Waals surface area contributed by atoms with Gasteiger partial charge in [0, 0.05) is 10.7 Å². The highest BCUT2D eigenvalue weighted by Crippen LogP contribution is 2.41. The van der Waals surface area contributed by atoms with E-state index < -0.39 is 0 Å². The molecule has 0 radical (unpaired) electrons. The zero-order valence-corrected chi connectivity index (χ0v) is 8.16. The Balaban J connectivity index is 2.25. The fraction of sp³-hybridized carbons (Fsp3) is 0.444. The standard InChI is InChI=1S/C9H10BrNO/c10-7-2-1-5-11-8(7)9(12)6-3-4-6/h1-2,5-6,9,12H,3-4H2. The monoisotopic (exact) mass is 227 g/mol. The summed E-state index contributed by atoms with van der Waals surface area (Å²) < 4.78 is 0.907. The predicted octanol–water partition coefficient (Wildman–Crippen LogP) is 2.29. The molecule has 0 amide bonds. The number of nitrogens with zero attached hydrogens (tertiary/aromatic N) is 1. The van der Waals surface area contributed by atoms with E-state index in [9.17, 15) is 5.11 Å². The topological polar surface area (TPSA) is 33.1 Å². The molecule has 0 bridgehead atoms. The number of halogens is 1. The molecule has 0 aromatic carbocycles. The molecule has 1 aromatic heterocycles. The van der Waals surface area contributed by atoms with Crippen LogP contribution in [-0.4, -0.2) is 10.1 Å². The summed E-state index contributed by atoms with van der Waals surface area (Å²) in [6, 6.07) is 3.77. The highest BCUT2D eigenvalue weighted by Gasteiger charge is 2.32. The first kappa shape index (κ1) is 8.20. The van der Waals surface area contributed by atoms with Crippen LogP contribution in [0.5, 0.6) is 0 Å². The fourth-order valence-corrected chi connectivity index (χ4v) is 1.74. The zero-order chi connectivity index (χ0) is 8.55. The molecule has 64 valence electrons. The predicted molar refractivity (Wildman–Crippen MR) is 49.6 cm³/mol. The molecule has 1 unspecified atom stereocenters. The van der Waals surface area contributed by atoms with Gasteiger partial charge in [0.25, 0.3) is 0 Å². The average molecular weight is 228 g/mol. The van der Waals surface area contributed by atoms with E-state index in [0.29, 0.717) is 5.92 Å². The Morgan fingerprint density at radius 2 is 2.33 bits per heavy atom. The first-order valence-corrected chi connectivity index (χ1v) is 4.87. The molecule has 0 aliphatic heterocycles. The number of pyridine rings is 1. The zero-order valence-electron chi connectivity index (χ0n) is 6.57. The summed E-state index contributed by atoms with van der Waals surface area (Å²) in [7, 11) is 0. The molecule has 1 N–H and O–H groups in total. The molecule has 12 heavy (non-hydrogen) atoms. The van der Waals surface area contributed by atoms with E-state index in [2.05, 4.69) is 20.9 Å². The van der Waals surface area contributed by atoms with Crippen LogP contribution in [0.1, 0.15) is 24.6 Å². The lowest BCUT2D eigenvalue weighted by Crippen LogP contribution is -2.02. The molecule has 0 saturated heterocycles. The van der Waals surface area contributed by atoms with Crippen LogP contribution < -0.4 is 0 Å². The third kappa shape index (κ3) is 1.52. The molecule has 0 spiro atoms. The Labute approximate surface area is 79.8 Å². The summed E-state index contributed by atoms with van der Waals surface area (Å²) in [4.78, 5) is 4.14. The van der Waals surface area contributed by atoms with Gasteiger partial charge in [0.05, 0.1) is 11.8 Å². The lowest BCUT2D eigenvalue weighted by atomic mass is 10.1. The van der Waals surface area contributed by atoms with Crippen LogP contribution in [0.25, 0.3) is 0 Å². The molecule has 1 aromatic rings. The Kier molecular flexibility index (Phi) is 2.15. The number of hydrogen-bond acceptors (Lipinski definition) is 2. The first-order chi connectivity index (χ1) is 5.79. The van der Waals surface area contributed by atoms with Gasteiger partial charge >= 0.3 is 0 Å². The highest BCUT2D eigenvalue weighted by atomic mass is 79.9. The van der Waals surface area contributed by atoms with Gasteiger partial charge in [-0.2, -0.15) is 0 Å². The second kappa shape index (κ2) is 3.15. The van der Waals surface area contributed by atoms with Crippen molar-refractivity contribution in [3.63, 3.8) is 0 Å². The minimum absolute atomic E-state index is 0.374. The highest BCUT2D eigenvalue weighted by molar-refractivity contribution is 9.10. The quantitative estimate of drug-likeness (QED) is 0.842. The van der Waals surface area contributed by atoms with Gasteiger partial charge in [-0.1, -0.05) is 0 Å². The Bertz CT molecular complexity index is 286. The Hall–Kier alpha value is -0.410. The first-order valence-electron chi connectivity index (χ1n) is 4.07. The van der Waals surface area contributed by atoms with Gasteiger partial charge in [0.1, 0.15) is 0 Å². The molecule has 1 aliphatic rings. The van der Waals surface area contributed by atoms with Crippen molar-refractivity contribution in [2.75, 3.05) is 0 Å². The van der Waals surface area contributed by atoms with Crippen molar-refractivity contribution in [3.8, 4) is 0 Å². The molecular formula is C9H10BrNO. The van der Waals surface area contributed by atoms with Crippen molar-refractivity contribution < 1.29 is 5.11 Å². The normalized spacial score (nSPS) is 19.2. The smallest absolute Gasteiger partial charge is 0.0999 e. The van der Waals surface area contributed by atoms with Crippen molar-refractivity contribution in [3.05, 3.63) is 28.5 Å². The third-order valence-corrected chi connectivity index (χ3v) is 2.81. The van der Waals surface area contributed by atoms with Crippen LogP contribution in [0, 0.1) is 5.92 Å². The van der Waals surface area contributed by atoms with Crippen LogP contribution in [0.2, 0.25) is 0 Å². The molecule has 1 saturated carbocycles. The van der Waals surface area contributed by atoms with Gasteiger partial charge in [0.2, 0.25) is 0 Å². The maximum Gasteiger partial charge on any atom is 0.0999 e. The largest absolute Gasteiger partial charge is 0.386 e. The van der Waals surface area contributed by atoms with Crippen LogP contribution >= 0.6 is 15.9 Å². The maximum atomic E-state index is 9.75. The fourth-order valence-electron chi connectivity index (χ4n) is 1.25. The van der Waals surface area contributed by atoms with Crippen LogP contribution in [-0.2, 0) is 0 Å². The summed E-state index contributed by atoms with van der Waals surface area (Å²) in [5, 5.41) is 9.75. The van der Waals surface area contributed by atoms with Crippen molar-refractivity contribution >= 4 is 15.9 Å². The minimum Gasteiger partial charge on any atom is -0.386 e. The van der Waals surface area contributed by atoms with Crippen molar-refractivity contribution in [2.45, 2.75) is 18.9 Å². The number of aliphatic hydroxyl groups excluding tert-OH is 1. The van der Waals surface area contributed by atoms with E-state index in [1.807, 2.05) is 12.1 Å². The lowest BCUT2D eigenvalue weighted by molar-refractivity contribution is 0.148. The lowest BCUT2D eigenvalue weighted by Gasteiger charge is -2.09.